The molecule has 66 valence electrons. The Morgan fingerprint density at radius 1 is 1.23 bits per heavy atom. The molecule has 0 aliphatic heterocycles. The smallest absolute Gasteiger partial charge is 0.225 e. The van der Waals surface area contributed by atoms with Gasteiger partial charge < -0.3 is 4.42 Å². The van der Waals surface area contributed by atoms with Crippen LogP contribution in [0.5, 0.6) is 0 Å². The van der Waals surface area contributed by atoms with E-state index in [4.69, 9.17) is 4.42 Å². The van der Waals surface area contributed by atoms with Crippen LogP contribution in [-0.4, -0.2) is 4.98 Å². The van der Waals surface area contributed by atoms with E-state index < -0.39 is 0 Å². The molecule has 0 fully saturated rings. The highest BCUT2D eigenvalue weighted by atomic mass is 79.9. The van der Waals surface area contributed by atoms with Crippen molar-refractivity contribution in [3.8, 4) is 11.5 Å². The monoisotopic (exact) mass is 237 g/mol. The zero-order valence-electron chi connectivity index (χ0n) is 6.90. The summed E-state index contributed by atoms with van der Waals surface area (Å²) < 4.78 is 5.17. The molecule has 0 N–H and O–H groups in total. The number of halogens is 1. The van der Waals surface area contributed by atoms with Gasteiger partial charge in [0.15, 0.2) is 0 Å². The van der Waals surface area contributed by atoms with Gasteiger partial charge in [0.05, 0.1) is 6.20 Å². The first-order valence-electron chi connectivity index (χ1n) is 3.95. The predicted molar refractivity (Wildman–Crippen MR) is 54.6 cm³/mol. The van der Waals surface area contributed by atoms with E-state index in [-0.39, 0.29) is 0 Å². The summed E-state index contributed by atoms with van der Waals surface area (Å²) in [5, 5.41) is 0.874. The molecule has 0 aliphatic rings. The van der Waals surface area contributed by atoms with Gasteiger partial charge in [-0.25, -0.2) is 4.98 Å². The van der Waals surface area contributed by atoms with E-state index in [0.717, 1.165) is 10.9 Å². The Morgan fingerprint density at radius 3 is 2.54 bits per heavy atom. The average Bonchev–Trinajstić information content (AvgIpc) is 2.71. The van der Waals surface area contributed by atoms with Crippen molar-refractivity contribution in [2.24, 2.45) is 0 Å². The molecule has 1 aromatic carbocycles. The normalized spacial score (nSPS) is 10.2. The van der Waals surface area contributed by atoms with Gasteiger partial charge in [0.1, 0.15) is 6.26 Å². The molecule has 0 saturated carbocycles. The van der Waals surface area contributed by atoms with E-state index >= 15 is 0 Å². The highest BCUT2D eigenvalue weighted by Crippen LogP contribution is 2.18. The van der Waals surface area contributed by atoms with Crippen LogP contribution in [0, 0.1) is 0 Å². The second kappa shape index (κ2) is 3.75. The standard InChI is InChI=1S/C10H8BrNO/c11-7-8-1-3-9(4-2-8)10-12-5-6-13-10/h1-6H,7H2. The van der Waals surface area contributed by atoms with Crippen molar-refractivity contribution in [2.45, 2.75) is 5.33 Å². The lowest BCUT2D eigenvalue weighted by Gasteiger charge is -1.96. The summed E-state index contributed by atoms with van der Waals surface area (Å²) >= 11 is 3.39. The summed E-state index contributed by atoms with van der Waals surface area (Å²) in [5.41, 5.74) is 2.25. The van der Waals surface area contributed by atoms with E-state index in [1.54, 1.807) is 12.5 Å². The second-order valence-electron chi connectivity index (χ2n) is 2.67. The quantitative estimate of drug-likeness (QED) is 0.750. The number of hydrogen-bond donors (Lipinski definition) is 0. The summed E-state index contributed by atoms with van der Waals surface area (Å²) in [6.07, 6.45) is 3.22. The summed E-state index contributed by atoms with van der Waals surface area (Å²) in [4.78, 5) is 4.06. The maximum Gasteiger partial charge on any atom is 0.225 e. The highest BCUT2D eigenvalue weighted by molar-refractivity contribution is 9.08. The van der Waals surface area contributed by atoms with Gasteiger partial charge in [-0.05, 0) is 17.7 Å². The molecule has 0 spiro atoms. The number of hydrogen-bond acceptors (Lipinski definition) is 2. The molecule has 0 amide bonds. The van der Waals surface area contributed by atoms with E-state index in [1.807, 2.05) is 24.3 Å². The minimum atomic E-state index is 0.668. The molecule has 13 heavy (non-hydrogen) atoms. The van der Waals surface area contributed by atoms with Crippen LogP contribution < -0.4 is 0 Å². The summed E-state index contributed by atoms with van der Waals surface area (Å²) in [7, 11) is 0. The maximum absolute atomic E-state index is 5.17. The topological polar surface area (TPSA) is 26.0 Å². The SMILES string of the molecule is BrCc1ccc(-c2ncco2)cc1. The molecular formula is C10H8BrNO. The first kappa shape index (κ1) is 8.51. The van der Waals surface area contributed by atoms with E-state index in [2.05, 4.69) is 20.9 Å². The zero-order chi connectivity index (χ0) is 9.10. The number of benzene rings is 1. The number of aromatic nitrogens is 1. The van der Waals surface area contributed by atoms with Crippen LogP contribution in [0.4, 0.5) is 0 Å². The molecule has 2 aromatic rings. The Hall–Kier alpha value is -1.09. The van der Waals surface area contributed by atoms with Gasteiger partial charge in [-0.3, -0.25) is 0 Å². The third-order valence-corrected chi connectivity index (χ3v) is 2.43. The van der Waals surface area contributed by atoms with Gasteiger partial charge in [0.2, 0.25) is 5.89 Å². The van der Waals surface area contributed by atoms with Crippen molar-refractivity contribution < 1.29 is 4.42 Å². The fraction of sp³-hybridized carbons (Fsp3) is 0.100. The summed E-state index contributed by atoms with van der Waals surface area (Å²) in [6.45, 7) is 0. The molecule has 0 aliphatic carbocycles. The lowest BCUT2D eigenvalue weighted by molar-refractivity contribution is 0.574. The number of rotatable bonds is 2. The molecule has 0 saturated heterocycles. The average molecular weight is 238 g/mol. The zero-order valence-corrected chi connectivity index (χ0v) is 8.49. The van der Waals surface area contributed by atoms with E-state index in [1.165, 1.54) is 5.56 Å². The summed E-state index contributed by atoms with van der Waals surface area (Å²) in [5.74, 6) is 0.668. The van der Waals surface area contributed by atoms with Crippen LogP contribution in [-0.2, 0) is 5.33 Å². The van der Waals surface area contributed by atoms with Crippen LogP contribution in [0.1, 0.15) is 5.56 Å². The van der Waals surface area contributed by atoms with Gasteiger partial charge in [-0.15, -0.1) is 0 Å². The Bertz CT molecular complexity index is 366. The van der Waals surface area contributed by atoms with Crippen LogP contribution in [0.3, 0.4) is 0 Å². The van der Waals surface area contributed by atoms with Crippen LogP contribution >= 0.6 is 15.9 Å². The lowest BCUT2D eigenvalue weighted by Crippen LogP contribution is -1.79. The van der Waals surface area contributed by atoms with Gasteiger partial charge in [-0.1, -0.05) is 28.1 Å². The largest absolute Gasteiger partial charge is 0.445 e. The Balaban J connectivity index is 2.33. The van der Waals surface area contributed by atoms with Gasteiger partial charge >= 0.3 is 0 Å². The molecular weight excluding hydrogens is 230 g/mol. The van der Waals surface area contributed by atoms with Gasteiger partial charge in [0.25, 0.3) is 0 Å². The molecule has 2 nitrogen and oxygen atoms in total. The fourth-order valence-corrected chi connectivity index (χ4v) is 1.48. The van der Waals surface area contributed by atoms with E-state index in [0.29, 0.717) is 5.89 Å². The van der Waals surface area contributed by atoms with Crippen molar-refractivity contribution in [3.63, 3.8) is 0 Å². The molecule has 0 unspecified atom stereocenters. The maximum atomic E-state index is 5.17. The Kier molecular flexibility index (Phi) is 2.45. The van der Waals surface area contributed by atoms with Crippen LogP contribution in [0.2, 0.25) is 0 Å². The van der Waals surface area contributed by atoms with Gasteiger partial charge in [-0.2, -0.15) is 0 Å². The van der Waals surface area contributed by atoms with Crippen molar-refractivity contribution in [1.82, 2.24) is 4.98 Å². The first-order chi connectivity index (χ1) is 6.40. The summed E-state index contributed by atoms with van der Waals surface area (Å²) in [6, 6.07) is 8.10. The lowest BCUT2D eigenvalue weighted by atomic mass is 10.1. The third-order valence-electron chi connectivity index (χ3n) is 1.79. The fourth-order valence-electron chi connectivity index (χ4n) is 1.10. The molecule has 1 heterocycles. The Labute approximate surface area is 84.7 Å². The van der Waals surface area contributed by atoms with Crippen LogP contribution in [0.25, 0.3) is 11.5 Å². The molecule has 2 rings (SSSR count). The number of alkyl halides is 1. The molecule has 1 aromatic heterocycles. The number of nitrogens with zero attached hydrogens (tertiary/aromatic N) is 1. The Morgan fingerprint density at radius 2 is 2.00 bits per heavy atom. The third kappa shape index (κ3) is 1.80. The van der Waals surface area contributed by atoms with Crippen molar-refractivity contribution in [1.29, 1.82) is 0 Å². The van der Waals surface area contributed by atoms with Crippen molar-refractivity contribution in [3.05, 3.63) is 42.3 Å². The first-order valence-corrected chi connectivity index (χ1v) is 5.07. The van der Waals surface area contributed by atoms with E-state index in [9.17, 15) is 0 Å². The van der Waals surface area contributed by atoms with Crippen LogP contribution in [0.15, 0.2) is 41.1 Å². The van der Waals surface area contributed by atoms with Crippen molar-refractivity contribution >= 4 is 15.9 Å². The minimum Gasteiger partial charge on any atom is -0.445 e. The molecule has 0 radical (unpaired) electrons. The molecule has 0 atom stereocenters. The van der Waals surface area contributed by atoms with Gasteiger partial charge in [0, 0.05) is 10.9 Å². The van der Waals surface area contributed by atoms with Crippen molar-refractivity contribution in [2.75, 3.05) is 0 Å². The molecule has 3 heteroatoms. The second-order valence-corrected chi connectivity index (χ2v) is 3.23. The molecule has 0 bridgehead atoms. The predicted octanol–water partition coefficient (Wildman–Crippen LogP) is 3.24. The number of oxazole rings is 1. The minimum absolute atomic E-state index is 0.668. The highest BCUT2D eigenvalue weighted by Gasteiger charge is 2.00.